The van der Waals surface area contributed by atoms with E-state index in [1.165, 1.54) is 4.90 Å². The van der Waals surface area contributed by atoms with Crippen molar-refractivity contribution < 1.29 is 19.1 Å². The highest BCUT2D eigenvalue weighted by atomic mass is 32.2. The fourth-order valence-corrected chi connectivity index (χ4v) is 4.61. The van der Waals surface area contributed by atoms with Crippen molar-refractivity contribution >= 4 is 29.5 Å². The van der Waals surface area contributed by atoms with Crippen LogP contribution in [0.4, 0.5) is 0 Å². The Hall–Kier alpha value is -2.02. The summed E-state index contributed by atoms with van der Waals surface area (Å²) in [6, 6.07) is 6.72. The number of thioether (sulfide) groups is 1. The van der Waals surface area contributed by atoms with E-state index in [9.17, 15) is 14.4 Å². The summed E-state index contributed by atoms with van der Waals surface area (Å²) in [6.45, 7) is 0.349. The predicted molar refractivity (Wildman–Crippen MR) is 109 cm³/mol. The molecule has 0 aromatic heterocycles. The molecule has 6 nitrogen and oxygen atoms in total. The minimum Gasteiger partial charge on any atom is -0.497 e. The molecule has 0 radical (unpaired) electrons. The Morgan fingerprint density at radius 1 is 1.18 bits per heavy atom. The zero-order valence-electron chi connectivity index (χ0n) is 16.5. The molecule has 1 aromatic rings. The predicted octanol–water partition coefficient (Wildman–Crippen LogP) is 2.61. The van der Waals surface area contributed by atoms with Crippen molar-refractivity contribution in [3.05, 3.63) is 29.8 Å². The van der Waals surface area contributed by atoms with Gasteiger partial charge in [-0.1, -0.05) is 25.0 Å². The van der Waals surface area contributed by atoms with Crippen LogP contribution in [0.25, 0.3) is 0 Å². The second-order valence-electron chi connectivity index (χ2n) is 7.41. The van der Waals surface area contributed by atoms with E-state index >= 15 is 0 Å². The second kappa shape index (κ2) is 9.45. The van der Waals surface area contributed by atoms with Crippen LogP contribution in [0.3, 0.4) is 0 Å². The molecule has 0 unspecified atom stereocenters. The van der Waals surface area contributed by atoms with Crippen LogP contribution in [0, 0.1) is 11.8 Å². The summed E-state index contributed by atoms with van der Waals surface area (Å²) < 4.78 is 5.14. The van der Waals surface area contributed by atoms with E-state index in [0.717, 1.165) is 37.0 Å². The summed E-state index contributed by atoms with van der Waals surface area (Å²) in [5.74, 6) is 0.446. The third-order valence-electron chi connectivity index (χ3n) is 5.71. The highest BCUT2D eigenvalue weighted by Crippen LogP contribution is 2.39. The molecule has 152 valence electrons. The molecule has 2 fully saturated rings. The monoisotopic (exact) mass is 404 g/mol. The van der Waals surface area contributed by atoms with Gasteiger partial charge in [0.05, 0.1) is 18.9 Å². The SMILES string of the molecule is COc1ccc(CNC(=O)[C@@H](CCSC)N2C(=O)[C@H]3CCCC[C@H]3C2=O)cc1. The largest absolute Gasteiger partial charge is 0.497 e. The molecule has 1 saturated heterocycles. The van der Waals surface area contributed by atoms with E-state index in [4.69, 9.17) is 4.74 Å². The van der Waals surface area contributed by atoms with Crippen LogP contribution in [0.15, 0.2) is 24.3 Å². The highest BCUT2D eigenvalue weighted by Gasteiger charge is 2.51. The summed E-state index contributed by atoms with van der Waals surface area (Å²) in [5.41, 5.74) is 0.936. The number of rotatable bonds is 8. The van der Waals surface area contributed by atoms with Gasteiger partial charge in [-0.15, -0.1) is 0 Å². The first-order valence-electron chi connectivity index (χ1n) is 9.83. The lowest BCUT2D eigenvalue weighted by atomic mass is 9.81. The molecule has 3 atom stereocenters. The maximum atomic E-state index is 12.9. The third kappa shape index (κ3) is 4.35. The molecular formula is C21H28N2O4S. The van der Waals surface area contributed by atoms with Crippen molar-refractivity contribution in [2.24, 2.45) is 11.8 Å². The molecule has 0 spiro atoms. The molecule has 1 aliphatic carbocycles. The number of fused-ring (bicyclic) bond motifs is 1. The average molecular weight is 405 g/mol. The third-order valence-corrected chi connectivity index (χ3v) is 6.35. The lowest BCUT2D eigenvalue weighted by molar-refractivity contribution is -0.148. The van der Waals surface area contributed by atoms with Gasteiger partial charge in [0, 0.05) is 6.54 Å². The fraction of sp³-hybridized carbons (Fsp3) is 0.571. The normalized spacial score (nSPS) is 22.7. The molecule has 28 heavy (non-hydrogen) atoms. The molecular weight excluding hydrogens is 376 g/mol. The summed E-state index contributed by atoms with van der Waals surface area (Å²) >= 11 is 1.61. The molecule has 3 rings (SSSR count). The maximum Gasteiger partial charge on any atom is 0.243 e. The van der Waals surface area contributed by atoms with Gasteiger partial charge >= 0.3 is 0 Å². The number of methoxy groups -OCH3 is 1. The van der Waals surface area contributed by atoms with E-state index < -0.39 is 6.04 Å². The fourth-order valence-electron chi connectivity index (χ4n) is 4.15. The van der Waals surface area contributed by atoms with Crippen LogP contribution in [-0.2, 0) is 20.9 Å². The Kier molecular flexibility index (Phi) is 6.99. The molecule has 1 aromatic carbocycles. The number of nitrogens with zero attached hydrogens (tertiary/aromatic N) is 1. The van der Waals surface area contributed by atoms with E-state index in [1.54, 1.807) is 18.9 Å². The zero-order chi connectivity index (χ0) is 20.1. The van der Waals surface area contributed by atoms with Gasteiger partial charge in [0.2, 0.25) is 17.7 Å². The zero-order valence-corrected chi connectivity index (χ0v) is 17.3. The van der Waals surface area contributed by atoms with Crippen LogP contribution < -0.4 is 10.1 Å². The number of carbonyl (C=O) groups excluding carboxylic acids is 3. The quantitative estimate of drug-likeness (QED) is 0.674. The van der Waals surface area contributed by atoms with Crippen molar-refractivity contribution in [3.8, 4) is 5.75 Å². The Morgan fingerprint density at radius 2 is 1.79 bits per heavy atom. The van der Waals surface area contributed by atoms with Crippen LogP contribution in [-0.4, -0.2) is 47.8 Å². The molecule has 1 aliphatic heterocycles. The van der Waals surface area contributed by atoms with Gasteiger partial charge in [-0.2, -0.15) is 11.8 Å². The number of carbonyl (C=O) groups is 3. The van der Waals surface area contributed by atoms with Crippen LogP contribution in [0.2, 0.25) is 0 Å². The minimum atomic E-state index is -0.726. The van der Waals surface area contributed by atoms with E-state index in [2.05, 4.69) is 5.32 Å². The van der Waals surface area contributed by atoms with Gasteiger partial charge in [0.25, 0.3) is 0 Å². The molecule has 3 amide bonds. The van der Waals surface area contributed by atoms with Crippen molar-refractivity contribution in [2.45, 2.75) is 44.7 Å². The van der Waals surface area contributed by atoms with Gasteiger partial charge in [0.15, 0.2) is 0 Å². The minimum absolute atomic E-state index is 0.152. The first-order valence-corrected chi connectivity index (χ1v) is 11.2. The molecule has 2 aliphatic rings. The molecule has 7 heteroatoms. The summed E-state index contributed by atoms with van der Waals surface area (Å²) in [6.07, 6.45) is 5.91. The standard InChI is InChI=1S/C21H28N2O4S/c1-27-15-9-7-14(8-10-15)13-22-19(24)18(11-12-28-2)23-20(25)16-5-3-4-6-17(16)21(23)26/h7-10,16-18H,3-6,11-13H2,1-2H3,(H,22,24)/t16-,17+,18-/m1/s1. The molecule has 1 N–H and O–H groups in total. The molecule has 1 heterocycles. The molecule has 1 saturated carbocycles. The number of likely N-dealkylation sites (tertiary alicyclic amines) is 1. The lowest BCUT2D eigenvalue weighted by Gasteiger charge is -2.26. The van der Waals surface area contributed by atoms with Crippen molar-refractivity contribution in [2.75, 3.05) is 19.1 Å². The lowest BCUT2D eigenvalue weighted by Crippen LogP contribution is -2.50. The number of imide groups is 1. The van der Waals surface area contributed by atoms with Crippen LogP contribution >= 0.6 is 11.8 Å². The summed E-state index contributed by atoms with van der Waals surface area (Å²) in [5, 5.41) is 2.91. The van der Waals surface area contributed by atoms with Crippen LogP contribution in [0.5, 0.6) is 5.75 Å². The number of hydrogen-bond acceptors (Lipinski definition) is 5. The Bertz CT molecular complexity index is 698. The van der Waals surface area contributed by atoms with Crippen LogP contribution in [0.1, 0.15) is 37.7 Å². The van der Waals surface area contributed by atoms with Gasteiger partial charge < -0.3 is 10.1 Å². The smallest absolute Gasteiger partial charge is 0.243 e. The molecule has 0 bridgehead atoms. The van der Waals surface area contributed by atoms with Crippen molar-refractivity contribution in [1.82, 2.24) is 10.2 Å². The number of benzene rings is 1. The topological polar surface area (TPSA) is 75.7 Å². The Labute approximate surface area is 170 Å². The van der Waals surface area contributed by atoms with Gasteiger partial charge in [-0.05, 0) is 49.0 Å². The Morgan fingerprint density at radius 3 is 2.32 bits per heavy atom. The van der Waals surface area contributed by atoms with Crippen molar-refractivity contribution in [1.29, 1.82) is 0 Å². The number of nitrogens with one attached hydrogen (secondary N) is 1. The second-order valence-corrected chi connectivity index (χ2v) is 8.39. The first kappa shape index (κ1) is 20.7. The van der Waals surface area contributed by atoms with Gasteiger partial charge in [-0.3, -0.25) is 19.3 Å². The highest BCUT2D eigenvalue weighted by molar-refractivity contribution is 7.98. The Balaban J connectivity index is 1.70. The van der Waals surface area contributed by atoms with Crippen molar-refractivity contribution in [3.63, 3.8) is 0 Å². The van der Waals surface area contributed by atoms with E-state index in [-0.39, 0.29) is 29.6 Å². The van der Waals surface area contributed by atoms with Gasteiger partial charge in [-0.25, -0.2) is 0 Å². The van der Waals surface area contributed by atoms with Gasteiger partial charge in [0.1, 0.15) is 11.8 Å². The first-order chi connectivity index (χ1) is 13.6. The van der Waals surface area contributed by atoms with E-state index in [1.807, 2.05) is 30.5 Å². The summed E-state index contributed by atoms with van der Waals surface area (Å²) in [7, 11) is 1.61. The summed E-state index contributed by atoms with van der Waals surface area (Å²) in [4.78, 5) is 40.0. The average Bonchev–Trinajstić information content (AvgIpc) is 2.98. The van der Waals surface area contributed by atoms with E-state index in [0.29, 0.717) is 18.7 Å². The maximum absolute atomic E-state index is 12.9. The number of hydrogen-bond donors (Lipinski definition) is 1. The number of amides is 3. The number of ether oxygens (including phenoxy) is 1.